The van der Waals surface area contributed by atoms with Gasteiger partial charge in [0.25, 0.3) is 0 Å². The Morgan fingerprint density at radius 1 is 1.16 bits per heavy atom. The number of nitrogens with zero attached hydrogens (tertiary/aromatic N) is 2. The second kappa shape index (κ2) is 4.58. The molecule has 4 heteroatoms. The maximum Gasteiger partial charge on any atom is 0.232 e. The summed E-state index contributed by atoms with van der Waals surface area (Å²) >= 11 is 0. The number of hydrogen-bond donors (Lipinski definition) is 1. The van der Waals surface area contributed by atoms with Gasteiger partial charge in [-0.1, -0.05) is 31.8 Å². The largest absolute Gasteiger partial charge is 0.339 e. The van der Waals surface area contributed by atoms with Crippen LogP contribution in [0.2, 0.25) is 0 Å². The molecule has 2 aliphatic carbocycles. The summed E-state index contributed by atoms with van der Waals surface area (Å²) in [6.07, 6.45) is 9.22. The van der Waals surface area contributed by atoms with Gasteiger partial charge in [-0.05, 0) is 44.4 Å². The Balaban J connectivity index is 1.87. The Bertz CT molecular complexity index is 442. The zero-order valence-corrected chi connectivity index (χ0v) is 12.1. The van der Waals surface area contributed by atoms with E-state index in [2.05, 4.69) is 19.0 Å². The van der Waals surface area contributed by atoms with Gasteiger partial charge in [0, 0.05) is 5.41 Å². The fraction of sp³-hybridized carbons (Fsp3) is 0.867. The maximum atomic E-state index is 6.30. The van der Waals surface area contributed by atoms with E-state index in [4.69, 9.17) is 15.2 Å². The molecule has 4 nitrogen and oxygen atoms in total. The van der Waals surface area contributed by atoms with E-state index in [1.165, 1.54) is 32.1 Å². The Labute approximate surface area is 115 Å². The molecule has 0 spiro atoms. The predicted molar refractivity (Wildman–Crippen MR) is 73.6 cm³/mol. The number of hydrogen-bond acceptors (Lipinski definition) is 4. The Morgan fingerprint density at radius 2 is 1.84 bits per heavy atom. The van der Waals surface area contributed by atoms with E-state index in [0.29, 0.717) is 5.92 Å². The number of aromatic nitrogens is 2. The van der Waals surface area contributed by atoms with Crippen molar-refractivity contribution in [2.45, 2.75) is 76.2 Å². The van der Waals surface area contributed by atoms with Gasteiger partial charge in [-0.2, -0.15) is 4.98 Å². The van der Waals surface area contributed by atoms with Gasteiger partial charge < -0.3 is 10.3 Å². The zero-order chi connectivity index (χ0) is 13.5. The van der Waals surface area contributed by atoms with Gasteiger partial charge in [0.15, 0.2) is 5.82 Å². The highest BCUT2D eigenvalue weighted by atomic mass is 16.5. The van der Waals surface area contributed by atoms with Crippen molar-refractivity contribution in [3.63, 3.8) is 0 Å². The van der Waals surface area contributed by atoms with Gasteiger partial charge in [0.1, 0.15) is 0 Å². The average molecular weight is 263 g/mol. The maximum absolute atomic E-state index is 6.30. The van der Waals surface area contributed by atoms with Crippen LogP contribution in [0.5, 0.6) is 0 Å². The normalized spacial score (nSPS) is 24.6. The Hall–Kier alpha value is -0.900. The van der Waals surface area contributed by atoms with Crippen LogP contribution >= 0.6 is 0 Å². The van der Waals surface area contributed by atoms with Crippen LogP contribution in [0.1, 0.15) is 76.9 Å². The Morgan fingerprint density at radius 3 is 2.37 bits per heavy atom. The molecule has 2 N–H and O–H groups in total. The lowest BCUT2D eigenvalue weighted by atomic mass is 9.76. The first kappa shape index (κ1) is 13.1. The molecule has 1 heterocycles. The second-order valence-corrected chi connectivity index (χ2v) is 7.02. The van der Waals surface area contributed by atoms with Crippen LogP contribution in [0.15, 0.2) is 4.52 Å². The molecular weight excluding hydrogens is 238 g/mol. The van der Waals surface area contributed by atoms with Gasteiger partial charge in [0.2, 0.25) is 5.89 Å². The van der Waals surface area contributed by atoms with Gasteiger partial charge >= 0.3 is 0 Å². The van der Waals surface area contributed by atoms with E-state index in [0.717, 1.165) is 31.0 Å². The highest BCUT2D eigenvalue weighted by Gasteiger charge is 2.44. The van der Waals surface area contributed by atoms with Crippen molar-refractivity contribution in [2.75, 3.05) is 0 Å². The van der Waals surface area contributed by atoms with E-state index in [9.17, 15) is 0 Å². The molecule has 0 atom stereocenters. The minimum absolute atomic E-state index is 0.125. The molecule has 3 rings (SSSR count). The van der Waals surface area contributed by atoms with Crippen molar-refractivity contribution >= 4 is 0 Å². The topological polar surface area (TPSA) is 64.9 Å². The van der Waals surface area contributed by atoms with E-state index >= 15 is 0 Å². The van der Waals surface area contributed by atoms with Crippen molar-refractivity contribution in [2.24, 2.45) is 11.7 Å². The summed E-state index contributed by atoms with van der Waals surface area (Å²) in [7, 11) is 0. The number of nitrogens with two attached hydrogens (primary N) is 1. The van der Waals surface area contributed by atoms with Crippen LogP contribution in [-0.2, 0) is 11.0 Å². The molecule has 2 aliphatic rings. The third-order valence-corrected chi connectivity index (χ3v) is 4.93. The molecule has 0 amide bonds. The summed E-state index contributed by atoms with van der Waals surface area (Å²) in [6, 6.07) is 0. The first-order valence-corrected chi connectivity index (χ1v) is 7.68. The quantitative estimate of drug-likeness (QED) is 0.905. The van der Waals surface area contributed by atoms with Gasteiger partial charge in [-0.3, -0.25) is 0 Å². The summed E-state index contributed by atoms with van der Waals surface area (Å²) in [5, 5.41) is 4.20. The number of rotatable bonds is 4. The molecule has 1 aromatic heterocycles. The highest BCUT2D eigenvalue weighted by Crippen LogP contribution is 2.46. The van der Waals surface area contributed by atoms with Gasteiger partial charge in [-0.15, -0.1) is 0 Å². The van der Waals surface area contributed by atoms with Crippen LogP contribution in [0.3, 0.4) is 0 Å². The molecule has 0 saturated heterocycles. The van der Waals surface area contributed by atoms with Crippen LogP contribution in [0, 0.1) is 5.92 Å². The molecule has 19 heavy (non-hydrogen) atoms. The third-order valence-electron chi connectivity index (χ3n) is 4.93. The molecule has 0 radical (unpaired) electrons. The summed E-state index contributed by atoms with van der Waals surface area (Å²) in [6.45, 7) is 4.54. The molecule has 2 fully saturated rings. The minimum atomic E-state index is -0.306. The van der Waals surface area contributed by atoms with Crippen molar-refractivity contribution in [3.8, 4) is 0 Å². The van der Waals surface area contributed by atoms with Gasteiger partial charge in [0.05, 0.1) is 5.54 Å². The van der Waals surface area contributed by atoms with Crippen LogP contribution < -0.4 is 5.73 Å². The molecule has 0 bridgehead atoms. The molecule has 2 saturated carbocycles. The molecule has 0 aliphatic heterocycles. The first-order valence-electron chi connectivity index (χ1n) is 7.68. The lowest BCUT2D eigenvalue weighted by molar-refractivity contribution is 0.221. The molecule has 1 aromatic rings. The van der Waals surface area contributed by atoms with E-state index in [1.807, 2.05) is 0 Å². The van der Waals surface area contributed by atoms with Crippen molar-refractivity contribution in [1.29, 1.82) is 0 Å². The second-order valence-electron chi connectivity index (χ2n) is 7.02. The summed E-state index contributed by atoms with van der Waals surface area (Å²) in [5.41, 5.74) is 6.11. The molecule has 106 valence electrons. The lowest BCUT2D eigenvalue weighted by Crippen LogP contribution is -2.44. The van der Waals surface area contributed by atoms with E-state index in [1.54, 1.807) is 0 Å². The van der Waals surface area contributed by atoms with Gasteiger partial charge in [-0.25, -0.2) is 0 Å². The fourth-order valence-corrected chi connectivity index (χ4v) is 3.76. The van der Waals surface area contributed by atoms with E-state index in [-0.39, 0.29) is 11.0 Å². The monoisotopic (exact) mass is 263 g/mol. The fourth-order valence-electron chi connectivity index (χ4n) is 3.76. The lowest BCUT2D eigenvalue weighted by Gasteiger charge is -2.34. The zero-order valence-electron chi connectivity index (χ0n) is 12.1. The summed E-state index contributed by atoms with van der Waals surface area (Å²) in [5.74, 6) is 2.25. The van der Waals surface area contributed by atoms with E-state index < -0.39 is 0 Å². The minimum Gasteiger partial charge on any atom is -0.339 e. The van der Waals surface area contributed by atoms with Crippen molar-refractivity contribution < 1.29 is 4.52 Å². The van der Waals surface area contributed by atoms with Crippen LogP contribution in [-0.4, -0.2) is 10.1 Å². The average Bonchev–Trinajstić information content (AvgIpc) is 2.93. The van der Waals surface area contributed by atoms with Crippen LogP contribution in [0.4, 0.5) is 0 Å². The predicted octanol–water partition coefficient (Wildman–Crippen LogP) is 3.27. The molecule has 0 aromatic carbocycles. The molecular formula is C15H25N3O. The van der Waals surface area contributed by atoms with Crippen molar-refractivity contribution in [3.05, 3.63) is 11.7 Å². The summed E-state index contributed by atoms with van der Waals surface area (Å²) in [4.78, 5) is 4.71. The standard InChI is InChI=1S/C15H25N3O/c1-11(2)10-14(6-3-4-7-14)13-17-12(18-19-13)15(16)8-5-9-15/h11H,3-10,16H2,1-2H3. The highest BCUT2D eigenvalue weighted by molar-refractivity contribution is 5.14. The summed E-state index contributed by atoms with van der Waals surface area (Å²) < 4.78 is 5.63. The Kier molecular flexibility index (Phi) is 3.16. The third kappa shape index (κ3) is 2.20. The van der Waals surface area contributed by atoms with Crippen LogP contribution in [0.25, 0.3) is 0 Å². The van der Waals surface area contributed by atoms with Crippen molar-refractivity contribution in [1.82, 2.24) is 10.1 Å². The smallest absolute Gasteiger partial charge is 0.232 e. The SMILES string of the molecule is CC(C)CC1(c2nc(C3(N)CCC3)no2)CCCC1. The molecule has 0 unspecified atom stereocenters. The first-order chi connectivity index (χ1) is 9.04.